The Kier molecular flexibility index (Phi) is 2.76. The van der Waals surface area contributed by atoms with Crippen LogP contribution >= 0.6 is 23.2 Å². The summed E-state index contributed by atoms with van der Waals surface area (Å²) in [6, 6.07) is 4.82. The number of hydrogen-bond donors (Lipinski definition) is 0. The van der Waals surface area contributed by atoms with Gasteiger partial charge in [-0.05, 0) is 42.9 Å². The maximum atomic E-state index is 12.9. The lowest BCUT2D eigenvalue weighted by molar-refractivity contribution is -0.126. The van der Waals surface area contributed by atoms with E-state index in [-0.39, 0.29) is 17.7 Å². The average Bonchev–Trinajstić information content (AvgIpc) is 3.03. The minimum Gasteiger partial charge on any atom is -0.274 e. The summed E-state index contributed by atoms with van der Waals surface area (Å²) in [5.74, 6) is 0.384. The van der Waals surface area contributed by atoms with E-state index in [1.165, 1.54) is 4.90 Å². The number of benzene rings is 1. The van der Waals surface area contributed by atoms with E-state index in [2.05, 4.69) is 12.2 Å². The van der Waals surface area contributed by atoms with Gasteiger partial charge in [0, 0.05) is 16.5 Å². The zero-order valence-corrected chi connectivity index (χ0v) is 12.7. The molecule has 3 atom stereocenters. The third-order valence-electron chi connectivity index (χ3n) is 4.96. The minimum atomic E-state index is -0.536. The van der Waals surface area contributed by atoms with Crippen LogP contribution in [-0.2, 0) is 9.59 Å². The number of anilines is 1. The highest BCUT2D eigenvalue weighted by Crippen LogP contribution is 2.58. The third-order valence-corrected chi connectivity index (χ3v) is 5.40. The minimum absolute atomic E-state index is 0.0947. The summed E-state index contributed by atoms with van der Waals surface area (Å²) in [7, 11) is 0. The first-order valence-corrected chi connectivity index (χ1v) is 7.77. The van der Waals surface area contributed by atoms with E-state index in [1.54, 1.807) is 18.2 Å². The van der Waals surface area contributed by atoms with Crippen molar-refractivity contribution < 1.29 is 9.59 Å². The van der Waals surface area contributed by atoms with Crippen molar-refractivity contribution in [2.45, 2.75) is 19.3 Å². The summed E-state index contributed by atoms with van der Waals surface area (Å²) in [6.45, 7) is 0. The normalized spacial score (nSPS) is 33.7. The second-order valence-corrected chi connectivity index (χ2v) is 7.06. The number of carbonyl (C=O) groups excluding carboxylic acids is 2. The van der Waals surface area contributed by atoms with Crippen molar-refractivity contribution in [2.24, 2.45) is 17.3 Å². The molecule has 3 aliphatic rings. The highest BCUT2D eigenvalue weighted by molar-refractivity contribution is 6.35. The molecule has 1 spiro atoms. The standard InChI is InChI=1S/C16H13Cl2NO2/c17-11-4-12(18)6-13(5-11)19-14(20)8-16(15(19)21)7-9-1-2-10(16)3-9/h1-2,4-6,9-10H,3,7-8H2/t9-,10+,16-/m1/s1. The van der Waals surface area contributed by atoms with Gasteiger partial charge in [0.15, 0.2) is 0 Å². The zero-order valence-electron chi connectivity index (χ0n) is 11.2. The molecule has 0 N–H and O–H groups in total. The molecule has 4 rings (SSSR count). The Bertz CT molecular complexity index is 679. The van der Waals surface area contributed by atoms with Crippen LogP contribution in [0.15, 0.2) is 30.4 Å². The molecule has 1 aromatic carbocycles. The van der Waals surface area contributed by atoms with Crippen molar-refractivity contribution >= 4 is 40.7 Å². The van der Waals surface area contributed by atoms with Crippen molar-refractivity contribution in [1.82, 2.24) is 0 Å². The lowest BCUT2D eigenvalue weighted by atomic mass is 9.74. The summed E-state index contributed by atoms with van der Waals surface area (Å²) in [5, 5.41) is 0.846. The highest BCUT2D eigenvalue weighted by Gasteiger charge is 2.60. The fraction of sp³-hybridized carbons (Fsp3) is 0.375. The molecule has 0 radical (unpaired) electrons. The van der Waals surface area contributed by atoms with Gasteiger partial charge in [-0.25, -0.2) is 4.90 Å². The van der Waals surface area contributed by atoms with Crippen LogP contribution in [0.1, 0.15) is 19.3 Å². The number of hydrogen-bond acceptors (Lipinski definition) is 2. The second kappa shape index (κ2) is 4.34. The Morgan fingerprint density at radius 2 is 1.81 bits per heavy atom. The lowest BCUT2D eigenvalue weighted by Gasteiger charge is -2.28. The molecule has 21 heavy (non-hydrogen) atoms. The van der Waals surface area contributed by atoms with Crippen LogP contribution in [0.2, 0.25) is 10.0 Å². The predicted octanol–water partition coefficient (Wildman–Crippen LogP) is 3.84. The molecule has 2 fully saturated rings. The molecule has 2 aliphatic carbocycles. The number of nitrogens with zero attached hydrogens (tertiary/aromatic N) is 1. The van der Waals surface area contributed by atoms with Crippen molar-refractivity contribution in [3.63, 3.8) is 0 Å². The Morgan fingerprint density at radius 3 is 2.38 bits per heavy atom. The number of fused-ring (bicyclic) bond motifs is 3. The number of amides is 2. The average molecular weight is 322 g/mol. The van der Waals surface area contributed by atoms with Gasteiger partial charge in [0.2, 0.25) is 11.8 Å². The fourth-order valence-electron chi connectivity index (χ4n) is 4.09. The molecule has 1 aliphatic heterocycles. The van der Waals surface area contributed by atoms with E-state index in [1.807, 2.05) is 0 Å². The largest absolute Gasteiger partial charge is 0.274 e. The van der Waals surface area contributed by atoms with Gasteiger partial charge in [-0.1, -0.05) is 35.4 Å². The van der Waals surface area contributed by atoms with Gasteiger partial charge in [-0.2, -0.15) is 0 Å². The topological polar surface area (TPSA) is 37.4 Å². The molecule has 3 nitrogen and oxygen atoms in total. The molecule has 2 bridgehead atoms. The molecule has 0 unspecified atom stereocenters. The first-order valence-electron chi connectivity index (χ1n) is 7.01. The van der Waals surface area contributed by atoms with Crippen LogP contribution < -0.4 is 4.90 Å². The molecular weight excluding hydrogens is 309 g/mol. The van der Waals surface area contributed by atoms with E-state index in [0.717, 1.165) is 12.8 Å². The van der Waals surface area contributed by atoms with Gasteiger partial charge in [-0.15, -0.1) is 0 Å². The van der Waals surface area contributed by atoms with Crippen LogP contribution in [0, 0.1) is 17.3 Å². The van der Waals surface area contributed by atoms with E-state index >= 15 is 0 Å². The maximum Gasteiger partial charge on any atom is 0.241 e. The Balaban J connectivity index is 1.76. The van der Waals surface area contributed by atoms with Crippen LogP contribution in [0.3, 0.4) is 0 Å². The van der Waals surface area contributed by atoms with Gasteiger partial charge in [0.25, 0.3) is 0 Å². The second-order valence-electron chi connectivity index (χ2n) is 6.19. The van der Waals surface area contributed by atoms with Crippen LogP contribution in [0.25, 0.3) is 0 Å². The number of imide groups is 1. The van der Waals surface area contributed by atoms with E-state index in [0.29, 0.717) is 28.1 Å². The number of allylic oxidation sites excluding steroid dienone is 2. The van der Waals surface area contributed by atoms with E-state index in [4.69, 9.17) is 23.2 Å². The first kappa shape index (κ1) is 13.4. The first-order chi connectivity index (χ1) is 9.99. The Labute approximate surface area is 132 Å². The predicted molar refractivity (Wildman–Crippen MR) is 81.4 cm³/mol. The van der Waals surface area contributed by atoms with Crippen LogP contribution in [-0.4, -0.2) is 11.8 Å². The van der Waals surface area contributed by atoms with Crippen LogP contribution in [0.4, 0.5) is 5.69 Å². The SMILES string of the molecule is O=C1C[C@@]2(C[C@@H]3C=C[C@H]2C3)C(=O)N1c1cc(Cl)cc(Cl)c1. The van der Waals surface area contributed by atoms with Gasteiger partial charge in [-0.3, -0.25) is 9.59 Å². The Hall–Kier alpha value is -1.32. The van der Waals surface area contributed by atoms with Crippen molar-refractivity contribution in [3.05, 3.63) is 40.4 Å². The van der Waals surface area contributed by atoms with Gasteiger partial charge < -0.3 is 0 Å². The van der Waals surface area contributed by atoms with E-state index < -0.39 is 5.41 Å². The lowest BCUT2D eigenvalue weighted by Crippen LogP contribution is -2.38. The smallest absolute Gasteiger partial charge is 0.241 e. The van der Waals surface area contributed by atoms with Crippen molar-refractivity contribution in [1.29, 1.82) is 0 Å². The molecule has 5 heteroatoms. The quantitative estimate of drug-likeness (QED) is 0.582. The summed E-state index contributed by atoms with van der Waals surface area (Å²) in [6.07, 6.45) is 6.34. The Morgan fingerprint density at radius 1 is 1.10 bits per heavy atom. The molecule has 1 aromatic rings. The van der Waals surface area contributed by atoms with Crippen molar-refractivity contribution in [3.8, 4) is 0 Å². The van der Waals surface area contributed by atoms with E-state index in [9.17, 15) is 9.59 Å². The molecule has 2 amide bonds. The number of halogens is 2. The summed E-state index contributed by atoms with van der Waals surface area (Å²) in [4.78, 5) is 26.6. The number of carbonyl (C=O) groups is 2. The summed E-state index contributed by atoms with van der Waals surface area (Å²) in [5.41, 5.74) is -0.0585. The van der Waals surface area contributed by atoms with Gasteiger partial charge in [0.05, 0.1) is 11.1 Å². The van der Waals surface area contributed by atoms with Gasteiger partial charge in [0.1, 0.15) is 0 Å². The number of rotatable bonds is 1. The van der Waals surface area contributed by atoms with Crippen molar-refractivity contribution in [2.75, 3.05) is 4.90 Å². The molecule has 1 saturated carbocycles. The maximum absolute atomic E-state index is 12.9. The summed E-state index contributed by atoms with van der Waals surface area (Å²) < 4.78 is 0. The molecule has 0 aromatic heterocycles. The fourth-order valence-corrected chi connectivity index (χ4v) is 4.61. The van der Waals surface area contributed by atoms with Gasteiger partial charge >= 0.3 is 0 Å². The molecule has 1 saturated heterocycles. The highest BCUT2D eigenvalue weighted by atomic mass is 35.5. The third kappa shape index (κ3) is 1.80. The molecule has 1 heterocycles. The zero-order chi connectivity index (χ0) is 14.8. The molecular formula is C16H13Cl2NO2. The molecule has 108 valence electrons. The monoisotopic (exact) mass is 321 g/mol. The van der Waals surface area contributed by atoms with Crippen LogP contribution in [0.5, 0.6) is 0 Å². The summed E-state index contributed by atoms with van der Waals surface area (Å²) >= 11 is 12.0.